The maximum Gasteiger partial charge on any atom is 0.302 e. The molecule has 4 saturated carbocycles. The van der Waals surface area contributed by atoms with E-state index >= 15 is 0 Å². The number of Topliss-reactive ketones (excluding diaryl/α,β-unsaturated/α-hetero) is 1. The quantitative estimate of drug-likeness (QED) is 0.543. The number of ether oxygens (including phenoxy) is 1. The Balaban J connectivity index is 1.91. The Morgan fingerprint density at radius 1 is 1.11 bits per heavy atom. The number of esters is 1. The van der Waals surface area contributed by atoms with Crippen LogP contribution in [0.4, 0.5) is 0 Å². The summed E-state index contributed by atoms with van der Waals surface area (Å²) < 4.78 is 5.70. The second-order valence-electron chi connectivity index (χ2n) is 10.3. The van der Waals surface area contributed by atoms with Crippen molar-refractivity contribution < 1.29 is 24.5 Å². The fraction of sp³-hybridized carbons (Fsp3) is 0.818. The number of hydrogen-bond donors (Lipinski definition) is 2. The van der Waals surface area contributed by atoms with Crippen LogP contribution in [-0.2, 0) is 14.3 Å². The van der Waals surface area contributed by atoms with Gasteiger partial charge in [-0.15, -0.1) is 0 Å². The minimum atomic E-state index is -1.16. The van der Waals surface area contributed by atoms with Gasteiger partial charge in [-0.1, -0.05) is 27.4 Å². The monoisotopic (exact) mass is 376 g/mol. The van der Waals surface area contributed by atoms with Crippen LogP contribution < -0.4 is 0 Å². The molecule has 150 valence electrons. The molecule has 0 aromatic rings. The lowest BCUT2D eigenvalue weighted by atomic mass is 9.39. The molecule has 4 aliphatic carbocycles. The van der Waals surface area contributed by atoms with E-state index in [-0.39, 0.29) is 29.0 Å². The summed E-state index contributed by atoms with van der Waals surface area (Å²) in [4.78, 5) is 25.4. The largest absolute Gasteiger partial charge is 0.461 e. The summed E-state index contributed by atoms with van der Waals surface area (Å²) in [6.07, 6.45) is 1.41. The fourth-order valence-corrected chi connectivity index (χ4v) is 7.65. The second-order valence-corrected chi connectivity index (χ2v) is 10.3. The zero-order chi connectivity index (χ0) is 19.9. The molecule has 1 spiro atoms. The number of ketones is 1. The summed E-state index contributed by atoms with van der Waals surface area (Å²) in [7, 11) is 0. The van der Waals surface area contributed by atoms with Crippen LogP contribution in [0.3, 0.4) is 0 Å². The van der Waals surface area contributed by atoms with Gasteiger partial charge in [0.15, 0.2) is 5.78 Å². The second kappa shape index (κ2) is 5.66. The summed E-state index contributed by atoms with van der Waals surface area (Å²) in [5.41, 5.74) is -1.20. The standard InChI is InChI=1S/C22H32O5/c1-11-13-6-7-14-21(5)15(20(3,4)9-8-16(21)24)10-17(25)22(14,18(11)26)19(13)27-12(2)23/h13-17,19,24-25H,1,6-10H2,2-5H3. The molecule has 0 saturated heterocycles. The Morgan fingerprint density at radius 2 is 1.78 bits per heavy atom. The third-order valence-corrected chi connectivity index (χ3v) is 8.84. The van der Waals surface area contributed by atoms with Crippen LogP contribution in [0.15, 0.2) is 12.2 Å². The molecule has 0 aromatic carbocycles. The Morgan fingerprint density at radius 3 is 2.41 bits per heavy atom. The average molecular weight is 376 g/mol. The highest BCUT2D eigenvalue weighted by Gasteiger charge is 2.76. The first-order valence-corrected chi connectivity index (χ1v) is 10.3. The smallest absolute Gasteiger partial charge is 0.302 e. The molecule has 5 heteroatoms. The molecule has 0 aromatic heterocycles. The van der Waals surface area contributed by atoms with Crippen molar-refractivity contribution in [3.8, 4) is 0 Å². The van der Waals surface area contributed by atoms with Crippen molar-refractivity contribution in [2.75, 3.05) is 0 Å². The molecule has 0 aliphatic heterocycles. The number of aliphatic hydroxyl groups excluding tert-OH is 2. The van der Waals surface area contributed by atoms with E-state index in [1.165, 1.54) is 6.92 Å². The van der Waals surface area contributed by atoms with Gasteiger partial charge in [0.1, 0.15) is 11.5 Å². The highest BCUT2D eigenvalue weighted by Crippen LogP contribution is 2.71. The van der Waals surface area contributed by atoms with Crippen molar-refractivity contribution in [1.82, 2.24) is 0 Å². The Kier molecular flexibility index (Phi) is 4.01. The number of rotatable bonds is 1. The third kappa shape index (κ3) is 2.13. The maximum atomic E-state index is 13.5. The number of carbonyl (C=O) groups excluding carboxylic acids is 2. The number of aliphatic hydroxyl groups is 2. The molecule has 0 heterocycles. The summed E-state index contributed by atoms with van der Waals surface area (Å²) in [6, 6.07) is 0. The minimum absolute atomic E-state index is 0.0248. The Hall–Kier alpha value is -1.20. The van der Waals surface area contributed by atoms with E-state index in [2.05, 4.69) is 27.4 Å². The molecule has 2 bridgehead atoms. The van der Waals surface area contributed by atoms with E-state index in [1.807, 2.05) is 0 Å². The van der Waals surface area contributed by atoms with E-state index in [4.69, 9.17) is 4.74 Å². The van der Waals surface area contributed by atoms with Gasteiger partial charge in [-0.3, -0.25) is 9.59 Å². The lowest BCUT2D eigenvalue weighted by Gasteiger charge is -2.66. The van der Waals surface area contributed by atoms with Crippen molar-refractivity contribution >= 4 is 11.8 Å². The summed E-state index contributed by atoms with van der Waals surface area (Å²) in [5, 5.41) is 22.5. The lowest BCUT2D eigenvalue weighted by Crippen LogP contribution is -2.70. The zero-order valence-electron chi connectivity index (χ0n) is 16.8. The van der Waals surface area contributed by atoms with Crippen LogP contribution in [-0.4, -0.2) is 40.3 Å². The molecule has 4 rings (SSSR count). The van der Waals surface area contributed by atoms with E-state index in [9.17, 15) is 19.8 Å². The predicted octanol–water partition coefficient (Wildman–Crippen LogP) is 2.64. The highest BCUT2D eigenvalue weighted by molar-refractivity contribution is 6.04. The topological polar surface area (TPSA) is 83.8 Å². The van der Waals surface area contributed by atoms with E-state index in [1.54, 1.807) is 0 Å². The van der Waals surface area contributed by atoms with Gasteiger partial charge in [0, 0.05) is 18.3 Å². The first-order chi connectivity index (χ1) is 12.5. The van der Waals surface area contributed by atoms with Gasteiger partial charge in [-0.05, 0) is 54.9 Å². The van der Waals surface area contributed by atoms with Gasteiger partial charge in [-0.2, -0.15) is 0 Å². The van der Waals surface area contributed by atoms with E-state index in [0.29, 0.717) is 24.8 Å². The molecule has 4 aliphatic rings. The van der Waals surface area contributed by atoms with Gasteiger partial charge in [0.05, 0.1) is 12.2 Å². The molecule has 8 atom stereocenters. The summed E-state index contributed by atoms with van der Waals surface area (Å²) in [5.74, 6) is -0.919. The Labute approximate surface area is 161 Å². The average Bonchev–Trinajstić information content (AvgIpc) is 2.70. The van der Waals surface area contributed by atoms with E-state index in [0.717, 1.165) is 12.8 Å². The molecular weight excluding hydrogens is 344 g/mol. The van der Waals surface area contributed by atoms with Crippen molar-refractivity contribution in [2.24, 2.45) is 34.0 Å². The summed E-state index contributed by atoms with van der Waals surface area (Å²) >= 11 is 0. The maximum absolute atomic E-state index is 13.5. The summed E-state index contributed by atoms with van der Waals surface area (Å²) in [6.45, 7) is 11.9. The van der Waals surface area contributed by atoms with Crippen LogP contribution in [0.25, 0.3) is 0 Å². The number of hydrogen-bond acceptors (Lipinski definition) is 5. The lowest BCUT2D eigenvalue weighted by molar-refractivity contribution is -0.254. The molecule has 2 N–H and O–H groups in total. The van der Waals surface area contributed by atoms with Crippen LogP contribution >= 0.6 is 0 Å². The van der Waals surface area contributed by atoms with Gasteiger partial charge in [0.2, 0.25) is 0 Å². The Bertz CT molecular complexity index is 711. The zero-order valence-corrected chi connectivity index (χ0v) is 16.8. The van der Waals surface area contributed by atoms with Gasteiger partial charge < -0.3 is 14.9 Å². The van der Waals surface area contributed by atoms with Crippen molar-refractivity contribution in [3.63, 3.8) is 0 Å². The van der Waals surface area contributed by atoms with Crippen LogP contribution in [0.1, 0.15) is 59.8 Å². The fourth-order valence-electron chi connectivity index (χ4n) is 7.65. The van der Waals surface area contributed by atoms with E-state index < -0.39 is 35.1 Å². The first-order valence-electron chi connectivity index (χ1n) is 10.3. The molecule has 0 radical (unpaired) electrons. The minimum Gasteiger partial charge on any atom is -0.461 e. The predicted molar refractivity (Wildman–Crippen MR) is 99.6 cm³/mol. The van der Waals surface area contributed by atoms with Crippen molar-refractivity contribution in [3.05, 3.63) is 12.2 Å². The number of carbonyl (C=O) groups is 2. The van der Waals surface area contributed by atoms with Gasteiger partial charge in [0.25, 0.3) is 0 Å². The molecule has 8 unspecified atom stereocenters. The van der Waals surface area contributed by atoms with Crippen LogP contribution in [0.5, 0.6) is 0 Å². The third-order valence-electron chi connectivity index (χ3n) is 8.84. The van der Waals surface area contributed by atoms with Crippen molar-refractivity contribution in [1.29, 1.82) is 0 Å². The molecule has 5 nitrogen and oxygen atoms in total. The van der Waals surface area contributed by atoms with Crippen LogP contribution in [0, 0.1) is 34.0 Å². The van der Waals surface area contributed by atoms with Gasteiger partial charge >= 0.3 is 5.97 Å². The highest BCUT2D eigenvalue weighted by atomic mass is 16.5. The molecular formula is C22H32O5. The molecule has 27 heavy (non-hydrogen) atoms. The van der Waals surface area contributed by atoms with Gasteiger partial charge in [-0.25, -0.2) is 0 Å². The number of fused-ring (bicyclic) bond motifs is 3. The first kappa shape index (κ1) is 19.1. The van der Waals surface area contributed by atoms with Crippen molar-refractivity contribution in [2.45, 2.75) is 78.1 Å². The molecule has 4 fully saturated rings. The van der Waals surface area contributed by atoms with Crippen LogP contribution in [0.2, 0.25) is 0 Å². The SMILES string of the molecule is C=C1C(=O)C23C(O)CC4C(C)(C)CCC(O)C4(C)C2CCC1C3OC(C)=O. The normalized spacial score (nSPS) is 50.7. The molecule has 0 amide bonds.